The zero-order valence-electron chi connectivity index (χ0n) is 19.9. The zero-order valence-corrected chi connectivity index (χ0v) is 19.9. The van der Waals surface area contributed by atoms with Gasteiger partial charge in [-0.2, -0.15) is 0 Å². The molecule has 2 amide bonds. The Labute approximate surface area is 187 Å². The molecule has 172 valence electrons. The smallest absolute Gasteiger partial charge is 0.245 e. The molecule has 4 unspecified atom stereocenters. The highest BCUT2D eigenvalue weighted by Crippen LogP contribution is 2.34. The number of hydrogen-bond donors (Lipinski definition) is 2. The molecule has 0 aromatic heterocycles. The van der Waals surface area contributed by atoms with Crippen molar-refractivity contribution in [2.75, 3.05) is 33.2 Å². The minimum Gasteiger partial charge on any atom is -0.342 e. The van der Waals surface area contributed by atoms with Crippen molar-refractivity contribution in [3.05, 3.63) is 35.9 Å². The van der Waals surface area contributed by atoms with Crippen molar-refractivity contribution >= 4 is 11.8 Å². The monoisotopic (exact) mass is 428 g/mol. The topological polar surface area (TPSA) is 64.7 Å². The van der Waals surface area contributed by atoms with E-state index in [1.165, 1.54) is 5.56 Å². The fourth-order valence-electron chi connectivity index (χ4n) is 4.83. The number of likely N-dealkylation sites (N-methyl/N-ethyl adjacent to an activating group) is 1. The first-order chi connectivity index (χ1) is 14.7. The maximum atomic E-state index is 13.7. The summed E-state index contributed by atoms with van der Waals surface area (Å²) in [6.45, 7) is 11.8. The number of nitrogens with zero attached hydrogens (tertiary/aromatic N) is 2. The van der Waals surface area contributed by atoms with Crippen molar-refractivity contribution in [2.45, 2.75) is 65.1 Å². The molecule has 0 spiro atoms. The number of carbonyl (C=O) groups is 2. The predicted molar refractivity (Wildman–Crippen MR) is 125 cm³/mol. The third-order valence-corrected chi connectivity index (χ3v) is 7.02. The Morgan fingerprint density at radius 1 is 1.13 bits per heavy atom. The van der Waals surface area contributed by atoms with E-state index in [0.717, 1.165) is 45.4 Å². The van der Waals surface area contributed by atoms with E-state index >= 15 is 0 Å². The van der Waals surface area contributed by atoms with Gasteiger partial charge in [0, 0.05) is 25.7 Å². The Morgan fingerprint density at radius 3 is 2.45 bits per heavy atom. The molecular weight excluding hydrogens is 388 g/mol. The van der Waals surface area contributed by atoms with Gasteiger partial charge >= 0.3 is 0 Å². The standard InChI is InChI=1S/C25H40N4O2/c1-18(26-5)23(30)27-22(25(2,3)4)24(31)29-16-13-20-12-15-28(17-21(20)29)14-11-19-9-7-6-8-10-19/h6-10,18,20-22,26H,11-17H2,1-5H3,(H,27,30). The van der Waals surface area contributed by atoms with Crippen molar-refractivity contribution in [3.63, 3.8) is 0 Å². The molecule has 2 fully saturated rings. The van der Waals surface area contributed by atoms with Crippen LogP contribution in [0.3, 0.4) is 0 Å². The molecule has 3 rings (SSSR count). The molecule has 2 aliphatic rings. The Hall–Kier alpha value is -1.92. The normalized spacial score (nSPS) is 23.8. The summed E-state index contributed by atoms with van der Waals surface area (Å²) in [5, 5.41) is 6.00. The molecule has 2 aliphatic heterocycles. The van der Waals surface area contributed by atoms with Gasteiger partial charge in [-0.25, -0.2) is 0 Å². The molecule has 2 N–H and O–H groups in total. The molecule has 31 heavy (non-hydrogen) atoms. The van der Waals surface area contributed by atoms with Crippen LogP contribution in [0.1, 0.15) is 46.1 Å². The highest BCUT2D eigenvalue weighted by Gasteiger charge is 2.45. The third kappa shape index (κ3) is 5.86. The quantitative estimate of drug-likeness (QED) is 0.699. The second-order valence-electron chi connectivity index (χ2n) is 10.3. The summed E-state index contributed by atoms with van der Waals surface area (Å²) in [7, 11) is 1.76. The number of fused-ring (bicyclic) bond motifs is 1. The van der Waals surface area contributed by atoms with Crippen molar-refractivity contribution in [2.24, 2.45) is 11.3 Å². The van der Waals surface area contributed by atoms with Crippen LogP contribution in [-0.4, -0.2) is 73.0 Å². The zero-order chi connectivity index (χ0) is 22.6. The Balaban J connectivity index is 1.66. The van der Waals surface area contributed by atoms with E-state index in [2.05, 4.69) is 50.8 Å². The lowest BCUT2D eigenvalue weighted by molar-refractivity contribution is -0.141. The van der Waals surface area contributed by atoms with E-state index in [1.54, 1.807) is 7.05 Å². The van der Waals surface area contributed by atoms with Crippen LogP contribution < -0.4 is 10.6 Å². The van der Waals surface area contributed by atoms with Crippen molar-refractivity contribution < 1.29 is 9.59 Å². The average molecular weight is 429 g/mol. The highest BCUT2D eigenvalue weighted by molar-refractivity contribution is 5.90. The second kappa shape index (κ2) is 10.1. The fourth-order valence-corrected chi connectivity index (χ4v) is 4.83. The van der Waals surface area contributed by atoms with Gasteiger partial charge < -0.3 is 20.4 Å². The summed E-state index contributed by atoms with van der Waals surface area (Å²) in [4.78, 5) is 30.8. The molecule has 0 bridgehead atoms. The lowest BCUT2D eigenvalue weighted by Gasteiger charge is -2.41. The van der Waals surface area contributed by atoms with E-state index in [9.17, 15) is 9.59 Å². The van der Waals surface area contributed by atoms with Crippen molar-refractivity contribution in [3.8, 4) is 0 Å². The van der Waals surface area contributed by atoms with Gasteiger partial charge in [-0.15, -0.1) is 0 Å². The molecule has 0 radical (unpaired) electrons. The van der Waals surface area contributed by atoms with Gasteiger partial charge in [0.05, 0.1) is 6.04 Å². The van der Waals surface area contributed by atoms with Crippen molar-refractivity contribution in [1.82, 2.24) is 20.4 Å². The summed E-state index contributed by atoms with van der Waals surface area (Å²) in [5.41, 5.74) is 1.01. The first kappa shape index (κ1) is 23.7. The lowest BCUT2D eigenvalue weighted by atomic mass is 9.85. The van der Waals surface area contributed by atoms with Crippen molar-refractivity contribution in [1.29, 1.82) is 0 Å². The van der Waals surface area contributed by atoms with Gasteiger partial charge in [0.2, 0.25) is 11.8 Å². The lowest BCUT2D eigenvalue weighted by Crippen LogP contribution is -2.60. The van der Waals surface area contributed by atoms with Gasteiger partial charge in [0.15, 0.2) is 0 Å². The molecule has 6 heteroatoms. The molecule has 0 saturated carbocycles. The molecule has 2 heterocycles. The largest absolute Gasteiger partial charge is 0.342 e. The van der Waals surface area contributed by atoms with E-state index in [1.807, 2.05) is 27.7 Å². The minimum atomic E-state index is -0.519. The highest BCUT2D eigenvalue weighted by atomic mass is 16.2. The van der Waals surface area contributed by atoms with Crippen LogP contribution in [0.15, 0.2) is 30.3 Å². The summed E-state index contributed by atoms with van der Waals surface area (Å²) in [6.07, 6.45) is 3.25. The minimum absolute atomic E-state index is 0.0709. The molecule has 4 atom stereocenters. The van der Waals surface area contributed by atoms with Crippen LogP contribution in [0.2, 0.25) is 0 Å². The summed E-state index contributed by atoms with van der Waals surface area (Å²) >= 11 is 0. The number of hydrogen-bond acceptors (Lipinski definition) is 4. The number of benzene rings is 1. The van der Waals surface area contributed by atoms with E-state index < -0.39 is 6.04 Å². The van der Waals surface area contributed by atoms with Gasteiger partial charge in [0.25, 0.3) is 0 Å². The number of piperidine rings is 1. The van der Waals surface area contributed by atoms with Crippen LogP contribution in [0.4, 0.5) is 0 Å². The molecular formula is C25H40N4O2. The van der Waals surface area contributed by atoms with Gasteiger partial charge in [0.1, 0.15) is 6.04 Å². The molecule has 1 aromatic rings. The van der Waals surface area contributed by atoms with Crippen LogP contribution in [0, 0.1) is 11.3 Å². The SMILES string of the molecule is CNC(C)C(=O)NC(C(=O)N1CCC2CCN(CCc3ccccc3)CC21)C(C)(C)C. The Morgan fingerprint density at radius 2 is 1.81 bits per heavy atom. The van der Waals surface area contributed by atoms with Crippen LogP contribution in [0.25, 0.3) is 0 Å². The number of rotatable bonds is 7. The predicted octanol–water partition coefficient (Wildman–Crippen LogP) is 2.29. The number of likely N-dealkylation sites (tertiary alicyclic amines) is 2. The van der Waals surface area contributed by atoms with Crippen LogP contribution >= 0.6 is 0 Å². The van der Waals surface area contributed by atoms with Crippen LogP contribution in [0.5, 0.6) is 0 Å². The van der Waals surface area contributed by atoms with E-state index in [0.29, 0.717) is 5.92 Å². The summed E-state index contributed by atoms with van der Waals surface area (Å²) in [6, 6.07) is 10.0. The Bertz CT molecular complexity index is 746. The summed E-state index contributed by atoms with van der Waals surface area (Å²) < 4.78 is 0. The first-order valence-corrected chi connectivity index (χ1v) is 11.7. The average Bonchev–Trinajstić information content (AvgIpc) is 3.18. The maximum Gasteiger partial charge on any atom is 0.245 e. The Kier molecular flexibility index (Phi) is 7.76. The molecule has 2 saturated heterocycles. The van der Waals surface area contributed by atoms with Gasteiger partial charge in [-0.1, -0.05) is 51.1 Å². The van der Waals surface area contributed by atoms with Gasteiger partial charge in [-0.05, 0) is 56.7 Å². The van der Waals surface area contributed by atoms with Gasteiger partial charge in [-0.3, -0.25) is 9.59 Å². The molecule has 0 aliphatic carbocycles. The van der Waals surface area contributed by atoms with Crippen LogP contribution in [-0.2, 0) is 16.0 Å². The number of nitrogens with one attached hydrogen (secondary N) is 2. The molecule has 1 aromatic carbocycles. The fraction of sp³-hybridized carbons (Fsp3) is 0.680. The van der Waals surface area contributed by atoms with E-state index in [4.69, 9.17) is 0 Å². The second-order valence-corrected chi connectivity index (χ2v) is 10.3. The first-order valence-electron chi connectivity index (χ1n) is 11.7. The maximum absolute atomic E-state index is 13.7. The molecule has 6 nitrogen and oxygen atoms in total. The number of carbonyl (C=O) groups excluding carboxylic acids is 2. The number of amides is 2. The third-order valence-electron chi connectivity index (χ3n) is 7.02. The summed E-state index contributed by atoms with van der Waals surface area (Å²) in [5.74, 6) is 0.519. The van der Waals surface area contributed by atoms with E-state index in [-0.39, 0.29) is 29.3 Å².